The van der Waals surface area contributed by atoms with Crippen LogP contribution in [-0.2, 0) is 6.61 Å². The van der Waals surface area contributed by atoms with Gasteiger partial charge in [0.1, 0.15) is 24.8 Å². The Balaban J connectivity index is 2.15. The second-order valence-corrected chi connectivity index (χ2v) is 4.14. The van der Waals surface area contributed by atoms with Gasteiger partial charge in [0.05, 0.1) is 5.56 Å². The lowest BCUT2D eigenvalue weighted by Gasteiger charge is -2.08. The Bertz CT molecular complexity index is 702. The first kappa shape index (κ1) is 14.9. The van der Waals surface area contributed by atoms with Crippen LogP contribution < -0.4 is 4.74 Å². The number of aliphatic hydroxyl groups is 1. The van der Waals surface area contributed by atoms with E-state index in [-0.39, 0.29) is 24.5 Å². The number of hydrogen-bond acceptors (Lipinski definition) is 2. The van der Waals surface area contributed by atoms with Gasteiger partial charge in [-0.05, 0) is 29.8 Å². The van der Waals surface area contributed by atoms with Gasteiger partial charge in [-0.3, -0.25) is 0 Å². The van der Waals surface area contributed by atoms with Crippen molar-refractivity contribution in [3.05, 3.63) is 65.0 Å². The highest BCUT2D eigenvalue weighted by Crippen LogP contribution is 2.20. The molecule has 1 N–H and O–H groups in total. The number of halogens is 3. The van der Waals surface area contributed by atoms with E-state index in [0.29, 0.717) is 5.56 Å². The SMILES string of the molecule is OCC#Cc1cc(COc2cc(F)ccc2F)ccc1F. The molecule has 0 amide bonds. The molecular formula is C16H11F3O2. The molecule has 0 atom stereocenters. The second-order valence-electron chi connectivity index (χ2n) is 4.14. The summed E-state index contributed by atoms with van der Waals surface area (Å²) in [6.45, 7) is -0.441. The molecule has 0 aliphatic heterocycles. The number of ether oxygens (including phenoxy) is 1. The Morgan fingerprint density at radius 1 is 1.00 bits per heavy atom. The molecule has 2 nitrogen and oxygen atoms in total. The molecule has 0 fully saturated rings. The lowest BCUT2D eigenvalue weighted by atomic mass is 10.1. The van der Waals surface area contributed by atoms with E-state index in [1.807, 2.05) is 0 Å². The van der Waals surface area contributed by atoms with Crippen molar-refractivity contribution in [1.82, 2.24) is 0 Å². The first-order valence-corrected chi connectivity index (χ1v) is 6.06. The fourth-order valence-electron chi connectivity index (χ4n) is 1.64. The Morgan fingerprint density at radius 2 is 1.76 bits per heavy atom. The van der Waals surface area contributed by atoms with E-state index >= 15 is 0 Å². The molecule has 2 rings (SSSR count). The topological polar surface area (TPSA) is 29.5 Å². The standard InChI is InChI=1S/C16H11F3O2/c17-13-4-6-15(19)16(9-13)21-10-11-3-5-14(18)12(8-11)2-1-7-20/h3-6,8-9,20H,7,10H2. The molecule has 0 bridgehead atoms. The van der Waals surface area contributed by atoms with Crippen LogP contribution in [0.25, 0.3) is 0 Å². The number of rotatable bonds is 3. The van der Waals surface area contributed by atoms with Gasteiger partial charge >= 0.3 is 0 Å². The third-order valence-corrected chi connectivity index (χ3v) is 2.62. The molecule has 21 heavy (non-hydrogen) atoms. The zero-order valence-electron chi connectivity index (χ0n) is 10.9. The summed E-state index contributed by atoms with van der Waals surface area (Å²) < 4.78 is 45.0. The predicted molar refractivity (Wildman–Crippen MR) is 71.1 cm³/mol. The van der Waals surface area contributed by atoms with Gasteiger partial charge in [-0.15, -0.1) is 0 Å². The Hall–Kier alpha value is -2.45. The largest absolute Gasteiger partial charge is 0.486 e. The Labute approximate surface area is 119 Å². The molecule has 0 spiro atoms. The van der Waals surface area contributed by atoms with Crippen LogP contribution in [0.2, 0.25) is 0 Å². The van der Waals surface area contributed by atoms with E-state index < -0.39 is 17.5 Å². The summed E-state index contributed by atoms with van der Waals surface area (Å²) in [5.41, 5.74) is 0.646. The zero-order chi connectivity index (χ0) is 15.2. The first-order chi connectivity index (χ1) is 10.1. The van der Waals surface area contributed by atoms with E-state index in [9.17, 15) is 13.2 Å². The van der Waals surface area contributed by atoms with Crippen LogP contribution in [0.1, 0.15) is 11.1 Å². The number of aliphatic hydroxyl groups excluding tert-OH is 1. The zero-order valence-corrected chi connectivity index (χ0v) is 10.9. The average molecular weight is 292 g/mol. The van der Waals surface area contributed by atoms with Gasteiger partial charge in [-0.2, -0.15) is 0 Å². The molecule has 0 heterocycles. The van der Waals surface area contributed by atoms with Crippen molar-refractivity contribution in [2.24, 2.45) is 0 Å². The van der Waals surface area contributed by atoms with Gasteiger partial charge in [0.15, 0.2) is 11.6 Å². The maximum absolute atomic E-state index is 13.4. The van der Waals surface area contributed by atoms with Gasteiger partial charge < -0.3 is 9.84 Å². The highest BCUT2D eigenvalue weighted by Gasteiger charge is 2.07. The van der Waals surface area contributed by atoms with Crippen molar-refractivity contribution >= 4 is 0 Å². The summed E-state index contributed by atoms with van der Waals surface area (Å²) in [4.78, 5) is 0. The van der Waals surface area contributed by atoms with Crippen molar-refractivity contribution in [3.63, 3.8) is 0 Å². The van der Waals surface area contributed by atoms with Gasteiger partial charge in [0.25, 0.3) is 0 Å². The summed E-state index contributed by atoms with van der Waals surface area (Å²) in [6.07, 6.45) is 0. The minimum absolute atomic E-state index is 0.0611. The Morgan fingerprint density at radius 3 is 2.52 bits per heavy atom. The van der Waals surface area contributed by atoms with Crippen LogP contribution in [0.4, 0.5) is 13.2 Å². The second kappa shape index (κ2) is 6.82. The molecular weight excluding hydrogens is 281 g/mol. The van der Waals surface area contributed by atoms with Crippen molar-refractivity contribution in [2.75, 3.05) is 6.61 Å². The summed E-state index contributed by atoms with van der Waals surface area (Å²) in [6, 6.07) is 6.97. The van der Waals surface area contributed by atoms with E-state index in [2.05, 4.69) is 11.8 Å². The molecule has 2 aromatic rings. The molecule has 0 radical (unpaired) electrons. The molecule has 0 aromatic heterocycles. The smallest absolute Gasteiger partial charge is 0.165 e. The highest BCUT2D eigenvalue weighted by atomic mass is 19.1. The molecule has 0 aliphatic carbocycles. The maximum Gasteiger partial charge on any atom is 0.165 e. The minimum atomic E-state index is -0.682. The average Bonchev–Trinajstić information content (AvgIpc) is 2.48. The summed E-state index contributed by atoms with van der Waals surface area (Å²) in [5, 5.41) is 8.60. The van der Waals surface area contributed by atoms with Gasteiger partial charge in [0.2, 0.25) is 0 Å². The van der Waals surface area contributed by atoms with Gasteiger partial charge in [0, 0.05) is 6.07 Å². The van der Waals surface area contributed by atoms with E-state index in [0.717, 1.165) is 18.2 Å². The van der Waals surface area contributed by atoms with Crippen LogP contribution in [0.15, 0.2) is 36.4 Å². The van der Waals surface area contributed by atoms with Gasteiger partial charge in [-0.1, -0.05) is 17.9 Å². The monoisotopic (exact) mass is 292 g/mol. The summed E-state index contributed by atoms with van der Waals surface area (Å²) in [7, 11) is 0. The molecule has 0 saturated carbocycles. The van der Waals surface area contributed by atoms with Crippen molar-refractivity contribution in [3.8, 4) is 17.6 Å². The van der Waals surface area contributed by atoms with Crippen LogP contribution in [0.5, 0.6) is 5.75 Å². The fraction of sp³-hybridized carbons (Fsp3) is 0.125. The minimum Gasteiger partial charge on any atom is -0.486 e. The molecule has 0 unspecified atom stereocenters. The third kappa shape index (κ3) is 4.01. The molecule has 108 valence electrons. The maximum atomic E-state index is 13.4. The van der Waals surface area contributed by atoms with Crippen molar-refractivity contribution in [2.45, 2.75) is 6.61 Å². The summed E-state index contributed by atoms with van der Waals surface area (Å²) in [5.74, 6) is 2.75. The third-order valence-electron chi connectivity index (χ3n) is 2.62. The quantitative estimate of drug-likeness (QED) is 0.881. The fourth-order valence-corrected chi connectivity index (χ4v) is 1.64. The van der Waals surface area contributed by atoms with Crippen LogP contribution in [0, 0.1) is 29.3 Å². The molecule has 5 heteroatoms. The predicted octanol–water partition coefficient (Wildman–Crippen LogP) is 3.03. The van der Waals surface area contributed by atoms with E-state index in [1.165, 1.54) is 18.2 Å². The van der Waals surface area contributed by atoms with Gasteiger partial charge in [-0.25, -0.2) is 13.2 Å². The normalized spacial score (nSPS) is 9.90. The Kier molecular flexibility index (Phi) is 4.85. The lowest BCUT2D eigenvalue weighted by molar-refractivity contribution is 0.288. The van der Waals surface area contributed by atoms with Crippen molar-refractivity contribution < 1.29 is 23.0 Å². The van der Waals surface area contributed by atoms with Crippen LogP contribution >= 0.6 is 0 Å². The summed E-state index contributed by atoms with van der Waals surface area (Å²) >= 11 is 0. The number of hydrogen-bond donors (Lipinski definition) is 1. The lowest BCUT2D eigenvalue weighted by Crippen LogP contribution is -1.99. The van der Waals surface area contributed by atoms with Crippen LogP contribution in [-0.4, -0.2) is 11.7 Å². The highest BCUT2D eigenvalue weighted by molar-refractivity contribution is 5.38. The van der Waals surface area contributed by atoms with E-state index in [4.69, 9.17) is 9.84 Å². The van der Waals surface area contributed by atoms with Crippen molar-refractivity contribution in [1.29, 1.82) is 0 Å². The molecule has 2 aromatic carbocycles. The molecule has 0 saturated heterocycles. The van der Waals surface area contributed by atoms with E-state index in [1.54, 1.807) is 0 Å². The first-order valence-electron chi connectivity index (χ1n) is 6.06. The molecule has 0 aliphatic rings. The van der Waals surface area contributed by atoms with Crippen LogP contribution in [0.3, 0.4) is 0 Å². The number of benzene rings is 2.